The monoisotopic (exact) mass is 225 g/mol. The van der Waals surface area contributed by atoms with Gasteiger partial charge in [-0.2, -0.15) is 0 Å². The van der Waals surface area contributed by atoms with Crippen molar-refractivity contribution >= 4 is 0 Å². The molecule has 0 radical (unpaired) electrons. The zero-order valence-corrected chi connectivity index (χ0v) is 9.69. The Kier molecular flexibility index (Phi) is 1.77. The summed E-state index contributed by atoms with van der Waals surface area (Å²) < 4.78 is 2.35. The second-order valence-electron chi connectivity index (χ2n) is 5.07. The molecule has 0 saturated carbocycles. The number of imidazole rings is 1. The van der Waals surface area contributed by atoms with Gasteiger partial charge in [-0.25, -0.2) is 4.98 Å². The lowest BCUT2D eigenvalue weighted by Crippen LogP contribution is -2.32. The van der Waals surface area contributed by atoms with Crippen LogP contribution in [0.3, 0.4) is 0 Å². The SMILES string of the molecule is NC1CCc2nc3c(n2C1)Cc1ccccc1-3. The third-order valence-corrected chi connectivity index (χ3v) is 3.94. The first-order valence-electron chi connectivity index (χ1n) is 6.25. The van der Waals surface area contributed by atoms with E-state index in [-0.39, 0.29) is 0 Å². The minimum atomic E-state index is 0.296. The van der Waals surface area contributed by atoms with E-state index < -0.39 is 0 Å². The summed E-state index contributed by atoms with van der Waals surface area (Å²) in [6.07, 6.45) is 3.11. The largest absolute Gasteiger partial charge is 0.330 e. The molecule has 1 aromatic carbocycles. The molecular weight excluding hydrogens is 210 g/mol. The van der Waals surface area contributed by atoms with E-state index in [1.165, 1.54) is 28.3 Å². The van der Waals surface area contributed by atoms with Gasteiger partial charge in [0.15, 0.2) is 0 Å². The highest BCUT2D eigenvalue weighted by atomic mass is 15.1. The molecule has 2 heterocycles. The van der Waals surface area contributed by atoms with Crippen molar-refractivity contribution in [2.45, 2.75) is 31.8 Å². The van der Waals surface area contributed by atoms with Crippen molar-refractivity contribution in [3.8, 4) is 11.3 Å². The molecule has 2 aromatic rings. The zero-order chi connectivity index (χ0) is 11.4. The first kappa shape index (κ1) is 9.42. The molecule has 4 rings (SSSR count). The Morgan fingerprint density at radius 2 is 2.18 bits per heavy atom. The minimum absolute atomic E-state index is 0.296. The summed E-state index contributed by atoms with van der Waals surface area (Å²) in [4.78, 5) is 4.81. The van der Waals surface area contributed by atoms with E-state index in [2.05, 4.69) is 28.8 Å². The van der Waals surface area contributed by atoms with Crippen molar-refractivity contribution in [2.75, 3.05) is 0 Å². The molecule has 2 aliphatic rings. The number of hydrogen-bond donors (Lipinski definition) is 1. The summed E-state index contributed by atoms with van der Waals surface area (Å²) in [6, 6.07) is 8.88. The maximum absolute atomic E-state index is 6.06. The van der Waals surface area contributed by atoms with Crippen molar-refractivity contribution in [2.24, 2.45) is 5.73 Å². The van der Waals surface area contributed by atoms with Crippen molar-refractivity contribution in [1.29, 1.82) is 0 Å². The fraction of sp³-hybridized carbons (Fsp3) is 0.357. The fourth-order valence-corrected chi connectivity index (χ4v) is 3.06. The van der Waals surface area contributed by atoms with Crippen LogP contribution in [0.2, 0.25) is 0 Å². The van der Waals surface area contributed by atoms with Gasteiger partial charge in [0, 0.05) is 36.7 Å². The number of benzene rings is 1. The van der Waals surface area contributed by atoms with E-state index in [0.29, 0.717) is 6.04 Å². The molecule has 1 aromatic heterocycles. The lowest BCUT2D eigenvalue weighted by molar-refractivity contribution is 0.446. The Bertz CT molecular complexity index is 598. The van der Waals surface area contributed by atoms with Crippen LogP contribution in [-0.2, 0) is 19.4 Å². The number of fused-ring (bicyclic) bond motifs is 5. The maximum atomic E-state index is 6.06. The van der Waals surface area contributed by atoms with Gasteiger partial charge in [-0.3, -0.25) is 0 Å². The normalized spacial score (nSPS) is 20.9. The Labute approximate surface area is 100 Å². The fourth-order valence-electron chi connectivity index (χ4n) is 3.06. The Hall–Kier alpha value is -1.61. The molecule has 0 bridgehead atoms. The topological polar surface area (TPSA) is 43.8 Å². The molecule has 0 fully saturated rings. The average Bonchev–Trinajstić information content (AvgIpc) is 2.85. The zero-order valence-electron chi connectivity index (χ0n) is 9.69. The van der Waals surface area contributed by atoms with Gasteiger partial charge in [0.05, 0.1) is 5.69 Å². The lowest BCUT2D eigenvalue weighted by atomic mass is 10.1. The number of nitrogens with zero attached hydrogens (tertiary/aromatic N) is 2. The lowest BCUT2D eigenvalue weighted by Gasteiger charge is -2.21. The summed E-state index contributed by atoms with van der Waals surface area (Å²) >= 11 is 0. The number of aromatic nitrogens is 2. The van der Waals surface area contributed by atoms with Crippen LogP contribution in [0.1, 0.15) is 23.5 Å². The second-order valence-corrected chi connectivity index (χ2v) is 5.07. The number of nitrogens with two attached hydrogens (primary N) is 1. The summed E-state index contributed by atoms with van der Waals surface area (Å²) in [5.74, 6) is 1.23. The second kappa shape index (κ2) is 3.20. The molecule has 3 heteroatoms. The van der Waals surface area contributed by atoms with E-state index in [1.54, 1.807) is 0 Å². The molecule has 0 saturated heterocycles. The molecule has 1 aliphatic heterocycles. The van der Waals surface area contributed by atoms with Gasteiger partial charge in [0.25, 0.3) is 0 Å². The summed E-state index contributed by atoms with van der Waals surface area (Å²) in [5.41, 5.74) is 11.3. The van der Waals surface area contributed by atoms with Crippen LogP contribution in [0.15, 0.2) is 24.3 Å². The van der Waals surface area contributed by atoms with Crippen LogP contribution in [0.4, 0.5) is 0 Å². The third-order valence-electron chi connectivity index (χ3n) is 3.94. The van der Waals surface area contributed by atoms with Gasteiger partial charge in [-0.15, -0.1) is 0 Å². The van der Waals surface area contributed by atoms with Crippen molar-refractivity contribution < 1.29 is 0 Å². The van der Waals surface area contributed by atoms with Gasteiger partial charge in [-0.1, -0.05) is 24.3 Å². The summed E-state index contributed by atoms with van der Waals surface area (Å²) in [5, 5.41) is 0. The van der Waals surface area contributed by atoms with Crippen molar-refractivity contribution in [1.82, 2.24) is 9.55 Å². The molecular formula is C14H15N3. The molecule has 3 nitrogen and oxygen atoms in total. The highest BCUT2D eigenvalue weighted by Crippen LogP contribution is 2.37. The average molecular weight is 225 g/mol. The number of aryl methyl sites for hydroxylation is 1. The molecule has 1 aliphatic carbocycles. The summed E-state index contributed by atoms with van der Waals surface area (Å²) in [6.45, 7) is 0.936. The standard InChI is InChI=1S/C14H15N3/c15-10-5-6-13-16-14-11-4-2-1-3-9(11)7-12(14)17(13)8-10/h1-4,10H,5-8,15H2. The molecule has 0 spiro atoms. The predicted octanol–water partition coefficient (Wildman–Crippen LogP) is 1.73. The van der Waals surface area contributed by atoms with E-state index >= 15 is 0 Å². The van der Waals surface area contributed by atoms with Crippen LogP contribution < -0.4 is 5.73 Å². The molecule has 86 valence electrons. The Morgan fingerprint density at radius 3 is 3.12 bits per heavy atom. The number of rotatable bonds is 0. The molecule has 2 N–H and O–H groups in total. The molecule has 0 amide bonds. The Morgan fingerprint density at radius 1 is 1.29 bits per heavy atom. The quantitative estimate of drug-likeness (QED) is 0.633. The van der Waals surface area contributed by atoms with E-state index in [4.69, 9.17) is 10.7 Å². The minimum Gasteiger partial charge on any atom is -0.330 e. The maximum Gasteiger partial charge on any atom is 0.109 e. The van der Waals surface area contributed by atoms with Crippen molar-refractivity contribution in [3.05, 3.63) is 41.3 Å². The first-order chi connectivity index (χ1) is 8.33. The number of hydrogen-bond acceptors (Lipinski definition) is 2. The first-order valence-corrected chi connectivity index (χ1v) is 6.25. The Balaban J connectivity index is 1.91. The van der Waals surface area contributed by atoms with Crippen LogP contribution in [0.5, 0.6) is 0 Å². The smallest absolute Gasteiger partial charge is 0.109 e. The van der Waals surface area contributed by atoms with Gasteiger partial charge >= 0.3 is 0 Å². The summed E-state index contributed by atoms with van der Waals surface area (Å²) in [7, 11) is 0. The van der Waals surface area contributed by atoms with Crippen LogP contribution in [0.25, 0.3) is 11.3 Å². The third kappa shape index (κ3) is 1.23. The molecule has 1 unspecified atom stereocenters. The van der Waals surface area contributed by atoms with Gasteiger partial charge in [0.1, 0.15) is 5.82 Å². The predicted molar refractivity (Wildman–Crippen MR) is 66.8 cm³/mol. The molecule has 17 heavy (non-hydrogen) atoms. The van der Waals surface area contributed by atoms with Crippen LogP contribution >= 0.6 is 0 Å². The van der Waals surface area contributed by atoms with Crippen LogP contribution in [-0.4, -0.2) is 15.6 Å². The van der Waals surface area contributed by atoms with Gasteiger partial charge in [0.2, 0.25) is 0 Å². The van der Waals surface area contributed by atoms with E-state index in [0.717, 1.165) is 25.8 Å². The highest BCUT2D eigenvalue weighted by Gasteiger charge is 2.28. The van der Waals surface area contributed by atoms with Crippen molar-refractivity contribution in [3.63, 3.8) is 0 Å². The van der Waals surface area contributed by atoms with Crippen LogP contribution in [0, 0.1) is 0 Å². The van der Waals surface area contributed by atoms with E-state index in [9.17, 15) is 0 Å². The molecule has 1 atom stereocenters. The van der Waals surface area contributed by atoms with E-state index in [1.807, 2.05) is 0 Å². The van der Waals surface area contributed by atoms with Gasteiger partial charge < -0.3 is 10.3 Å². The van der Waals surface area contributed by atoms with Gasteiger partial charge in [-0.05, 0) is 12.0 Å². The highest BCUT2D eigenvalue weighted by molar-refractivity contribution is 5.72.